The Morgan fingerprint density at radius 2 is 1.74 bits per heavy atom. The number of nitrogens with two attached hydrogens (primary N) is 1. The fourth-order valence-corrected chi connectivity index (χ4v) is 3.23. The summed E-state index contributed by atoms with van der Waals surface area (Å²) in [5, 5.41) is 11.5. The molecule has 0 aliphatic heterocycles. The minimum Gasteiger partial charge on any atom is -0.494 e. The van der Waals surface area contributed by atoms with Gasteiger partial charge in [-0.05, 0) is 42.3 Å². The van der Waals surface area contributed by atoms with E-state index in [-0.39, 0.29) is 5.88 Å². The van der Waals surface area contributed by atoms with E-state index in [1.165, 1.54) is 5.56 Å². The zero-order valence-corrected chi connectivity index (χ0v) is 15.1. The highest BCUT2D eigenvalue weighted by atomic mass is 16.3. The molecule has 0 saturated carbocycles. The summed E-state index contributed by atoms with van der Waals surface area (Å²) in [6.45, 7) is 2.13. The van der Waals surface area contributed by atoms with E-state index in [1.807, 2.05) is 60.7 Å². The van der Waals surface area contributed by atoms with Crippen molar-refractivity contribution >= 4 is 28.0 Å². The van der Waals surface area contributed by atoms with Crippen molar-refractivity contribution in [3.05, 3.63) is 89.5 Å². The smallest absolute Gasteiger partial charge is 0.199 e. The average molecular weight is 355 g/mol. The Labute approximate surface area is 158 Å². The molecule has 1 aromatic heterocycles. The SMILES string of the molecule is CCc1ccc(N=C(c2ccccc2)c2c(O)[nH]c3ccc(N)cc23)cc1. The molecule has 0 radical (unpaired) electrons. The lowest BCUT2D eigenvalue weighted by molar-refractivity contribution is 0.457. The van der Waals surface area contributed by atoms with Gasteiger partial charge in [-0.25, -0.2) is 4.99 Å². The molecule has 0 bridgehead atoms. The number of aromatic hydroxyl groups is 1. The van der Waals surface area contributed by atoms with Crippen molar-refractivity contribution < 1.29 is 5.11 Å². The van der Waals surface area contributed by atoms with E-state index in [4.69, 9.17) is 10.7 Å². The third-order valence-electron chi connectivity index (χ3n) is 4.67. The summed E-state index contributed by atoms with van der Waals surface area (Å²) in [5.74, 6) is 0.0865. The van der Waals surface area contributed by atoms with Gasteiger partial charge in [-0.2, -0.15) is 0 Å². The maximum atomic E-state index is 10.6. The number of aryl methyl sites for hydroxylation is 1. The number of H-pyrrole nitrogens is 1. The van der Waals surface area contributed by atoms with E-state index >= 15 is 0 Å². The Bertz CT molecular complexity index is 1110. The Hall–Kier alpha value is -3.53. The van der Waals surface area contributed by atoms with Crippen molar-refractivity contribution in [2.24, 2.45) is 4.99 Å². The summed E-state index contributed by atoms with van der Waals surface area (Å²) < 4.78 is 0. The van der Waals surface area contributed by atoms with E-state index in [9.17, 15) is 5.11 Å². The van der Waals surface area contributed by atoms with Gasteiger partial charge in [0.2, 0.25) is 0 Å². The van der Waals surface area contributed by atoms with Gasteiger partial charge < -0.3 is 15.8 Å². The minimum absolute atomic E-state index is 0.0865. The molecule has 0 saturated heterocycles. The number of anilines is 1. The fraction of sp³-hybridized carbons (Fsp3) is 0.0870. The third-order valence-corrected chi connectivity index (χ3v) is 4.67. The molecule has 4 heteroatoms. The molecule has 27 heavy (non-hydrogen) atoms. The van der Waals surface area contributed by atoms with Crippen LogP contribution in [0.25, 0.3) is 10.9 Å². The number of aromatic nitrogens is 1. The van der Waals surface area contributed by atoms with Crippen LogP contribution in [-0.2, 0) is 6.42 Å². The molecule has 0 atom stereocenters. The third kappa shape index (κ3) is 3.29. The van der Waals surface area contributed by atoms with Crippen molar-refractivity contribution in [1.82, 2.24) is 4.98 Å². The van der Waals surface area contributed by atoms with Crippen LogP contribution in [0, 0.1) is 0 Å². The molecule has 0 aliphatic carbocycles. The lowest BCUT2D eigenvalue weighted by atomic mass is 10.0. The number of hydrogen-bond acceptors (Lipinski definition) is 3. The second-order valence-electron chi connectivity index (χ2n) is 6.50. The van der Waals surface area contributed by atoms with Gasteiger partial charge >= 0.3 is 0 Å². The summed E-state index contributed by atoms with van der Waals surface area (Å²) in [6.07, 6.45) is 0.984. The number of benzene rings is 3. The van der Waals surface area contributed by atoms with Crippen LogP contribution in [0.3, 0.4) is 0 Å². The summed E-state index contributed by atoms with van der Waals surface area (Å²) in [5.41, 5.74) is 11.8. The molecular formula is C23H21N3O. The second-order valence-corrected chi connectivity index (χ2v) is 6.50. The fourth-order valence-electron chi connectivity index (χ4n) is 3.23. The van der Waals surface area contributed by atoms with Gasteiger partial charge in [0, 0.05) is 22.2 Å². The number of rotatable bonds is 4. The highest BCUT2D eigenvalue weighted by Crippen LogP contribution is 2.32. The molecule has 1 heterocycles. The van der Waals surface area contributed by atoms with Gasteiger partial charge in [0.05, 0.1) is 17.0 Å². The molecule has 134 valence electrons. The lowest BCUT2D eigenvalue weighted by Crippen LogP contribution is -2.03. The number of aromatic amines is 1. The van der Waals surface area contributed by atoms with Crippen LogP contribution in [0.1, 0.15) is 23.6 Å². The Kier molecular flexibility index (Phi) is 4.38. The van der Waals surface area contributed by atoms with Crippen molar-refractivity contribution in [2.75, 3.05) is 5.73 Å². The van der Waals surface area contributed by atoms with Crippen LogP contribution in [0.5, 0.6) is 5.88 Å². The number of nitrogens with one attached hydrogen (secondary N) is 1. The first-order valence-electron chi connectivity index (χ1n) is 8.99. The monoisotopic (exact) mass is 355 g/mol. The van der Waals surface area contributed by atoms with Crippen LogP contribution < -0.4 is 5.73 Å². The van der Waals surface area contributed by atoms with Gasteiger partial charge in [0.1, 0.15) is 0 Å². The van der Waals surface area contributed by atoms with Gasteiger partial charge in [0.25, 0.3) is 0 Å². The molecular weight excluding hydrogens is 334 g/mol. The number of hydrogen-bond donors (Lipinski definition) is 3. The van der Waals surface area contributed by atoms with Crippen molar-refractivity contribution in [3.8, 4) is 5.88 Å². The molecule has 3 aromatic carbocycles. The van der Waals surface area contributed by atoms with Crippen LogP contribution in [0.2, 0.25) is 0 Å². The first kappa shape index (κ1) is 16.9. The van der Waals surface area contributed by atoms with E-state index in [0.717, 1.165) is 28.6 Å². The lowest BCUT2D eigenvalue weighted by Gasteiger charge is -2.08. The van der Waals surface area contributed by atoms with Crippen molar-refractivity contribution in [2.45, 2.75) is 13.3 Å². The Morgan fingerprint density at radius 1 is 1.00 bits per heavy atom. The van der Waals surface area contributed by atoms with Crippen molar-refractivity contribution in [3.63, 3.8) is 0 Å². The van der Waals surface area contributed by atoms with Gasteiger partial charge in [0.15, 0.2) is 5.88 Å². The van der Waals surface area contributed by atoms with Crippen LogP contribution in [0.4, 0.5) is 11.4 Å². The largest absolute Gasteiger partial charge is 0.494 e. The Balaban J connectivity index is 1.95. The predicted octanol–water partition coefficient (Wildman–Crippen LogP) is 5.19. The first-order chi connectivity index (χ1) is 13.2. The molecule has 4 N–H and O–H groups in total. The molecule has 4 rings (SSSR count). The highest BCUT2D eigenvalue weighted by molar-refractivity contribution is 6.22. The van der Waals surface area contributed by atoms with Gasteiger partial charge in [-0.15, -0.1) is 0 Å². The molecule has 4 nitrogen and oxygen atoms in total. The second kappa shape index (κ2) is 7.00. The van der Waals surface area contributed by atoms with E-state index in [0.29, 0.717) is 17.0 Å². The highest BCUT2D eigenvalue weighted by Gasteiger charge is 2.18. The average Bonchev–Trinajstić information content (AvgIpc) is 3.02. The van der Waals surface area contributed by atoms with Crippen molar-refractivity contribution in [1.29, 1.82) is 0 Å². The molecule has 0 spiro atoms. The standard InChI is InChI=1S/C23H21N3O/c1-2-15-8-11-18(12-9-15)25-22(16-6-4-3-5-7-16)21-19-14-17(24)10-13-20(19)26-23(21)27/h3-14,26-27H,2,24H2,1H3. The van der Waals surface area contributed by atoms with Crippen LogP contribution >= 0.6 is 0 Å². The molecule has 0 fully saturated rings. The quantitative estimate of drug-likeness (QED) is 0.348. The minimum atomic E-state index is 0.0865. The maximum Gasteiger partial charge on any atom is 0.199 e. The maximum absolute atomic E-state index is 10.6. The van der Waals surface area contributed by atoms with E-state index < -0.39 is 0 Å². The first-order valence-corrected chi connectivity index (χ1v) is 8.99. The van der Waals surface area contributed by atoms with Gasteiger partial charge in [-0.3, -0.25) is 0 Å². The number of nitrogens with zero attached hydrogens (tertiary/aromatic N) is 1. The zero-order valence-electron chi connectivity index (χ0n) is 15.1. The van der Waals surface area contributed by atoms with Crippen LogP contribution in [-0.4, -0.2) is 15.8 Å². The zero-order chi connectivity index (χ0) is 18.8. The molecule has 0 unspecified atom stereocenters. The summed E-state index contributed by atoms with van der Waals surface area (Å²) in [6, 6.07) is 23.6. The number of fused-ring (bicyclic) bond motifs is 1. The molecule has 0 aliphatic rings. The van der Waals surface area contributed by atoms with E-state index in [2.05, 4.69) is 24.0 Å². The van der Waals surface area contributed by atoms with Crippen LogP contribution in [0.15, 0.2) is 77.8 Å². The molecule has 0 amide bonds. The number of aliphatic imine (C=N–C) groups is 1. The summed E-state index contributed by atoms with van der Waals surface area (Å²) in [4.78, 5) is 7.91. The van der Waals surface area contributed by atoms with Gasteiger partial charge in [-0.1, -0.05) is 49.4 Å². The Morgan fingerprint density at radius 3 is 2.44 bits per heavy atom. The normalized spacial score (nSPS) is 11.8. The topological polar surface area (TPSA) is 74.4 Å². The predicted molar refractivity (Wildman–Crippen MR) is 112 cm³/mol. The summed E-state index contributed by atoms with van der Waals surface area (Å²) >= 11 is 0. The van der Waals surface area contributed by atoms with E-state index in [1.54, 1.807) is 0 Å². The number of nitrogen functional groups attached to an aromatic ring is 1. The summed E-state index contributed by atoms with van der Waals surface area (Å²) in [7, 11) is 0. The molecule has 4 aromatic rings.